The number of rotatable bonds is 1. The highest BCUT2D eigenvalue weighted by Gasteiger charge is 2.39. The van der Waals surface area contributed by atoms with Crippen LogP contribution < -0.4 is 10.6 Å². The lowest BCUT2D eigenvalue weighted by Crippen LogP contribution is -2.30. The Kier molecular flexibility index (Phi) is 3.57. The molecule has 0 bridgehead atoms. The van der Waals surface area contributed by atoms with Crippen molar-refractivity contribution in [1.82, 2.24) is 0 Å². The molecule has 0 amide bonds. The van der Waals surface area contributed by atoms with Crippen LogP contribution in [-0.4, -0.2) is 5.78 Å². The van der Waals surface area contributed by atoms with E-state index in [1.807, 2.05) is 36.4 Å². The lowest BCUT2D eigenvalue weighted by atomic mass is 9.83. The molecule has 2 heterocycles. The summed E-state index contributed by atoms with van der Waals surface area (Å²) in [5.41, 5.74) is 5.10. The van der Waals surface area contributed by atoms with Crippen LogP contribution in [0, 0.1) is 12.8 Å². The van der Waals surface area contributed by atoms with E-state index in [9.17, 15) is 4.79 Å². The number of fused-ring (bicyclic) bond motifs is 3. The third-order valence-corrected chi connectivity index (χ3v) is 6.39. The first-order valence-electron chi connectivity index (χ1n) is 8.76. The van der Waals surface area contributed by atoms with Gasteiger partial charge in [-0.1, -0.05) is 54.6 Å². The maximum atomic E-state index is 13.7. The van der Waals surface area contributed by atoms with Crippen molar-refractivity contribution in [3.8, 4) is 0 Å². The molecule has 126 valence electrons. The number of ketones is 1. The number of allylic oxidation sites excluding steroid dienone is 5. The number of hydrogen-bond acceptors (Lipinski definition) is 3. The molecule has 2 aromatic rings. The number of nitrogens with zero attached hydrogens (tertiary/aromatic N) is 1. The molecular weight excluding hydrogens is 338 g/mol. The third-order valence-electron chi connectivity index (χ3n) is 5.28. The van der Waals surface area contributed by atoms with Crippen molar-refractivity contribution in [3.63, 3.8) is 0 Å². The summed E-state index contributed by atoms with van der Waals surface area (Å²) < 4.78 is 0. The van der Waals surface area contributed by atoms with Gasteiger partial charge in [0.05, 0.1) is 22.5 Å². The lowest BCUT2D eigenvalue weighted by Gasteiger charge is -2.30. The van der Waals surface area contributed by atoms with Gasteiger partial charge in [-0.3, -0.25) is 4.79 Å². The van der Waals surface area contributed by atoms with Crippen molar-refractivity contribution < 1.29 is 4.79 Å². The Labute approximate surface area is 156 Å². The van der Waals surface area contributed by atoms with Crippen LogP contribution in [0.2, 0.25) is 0 Å². The summed E-state index contributed by atoms with van der Waals surface area (Å²) in [6.45, 7) is 2.12. The van der Waals surface area contributed by atoms with Gasteiger partial charge in [0.15, 0.2) is 5.78 Å². The molecule has 2 aliphatic heterocycles. The molecular formula is C23H17NOS. The zero-order valence-electron chi connectivity index (χ0n) is 14.3. The minimum absolute atomic E-state index is 0.0907. The molecule has 0 fully saturated rings. The van der Waals surface area contributed by atoms with Gasteiger partial charge in [-0.25, -0.2) is 4.99 Å². The summed E-state index contributed by atoms with van der Waals surface area (Å²) in [7, 11) is 0. The Morgan fingerprint density at radius 2 is 1.81 bits per heavy atom. The first kappa shape index (κ1) is 15.6. The normalized spacial score (nSPS) is 23.3. The van der Waals surface area contributed by atoms with Gasteiger partial charge in [-0.05, 0) is 41.2 Å². The molecule has 2 nitrogen and oxygen atoms in total. The van der Waals surface area contributed by atoms with E-state index in [2.05, 4.69) is 47.7 Å². The first-order valence-corrected chi connectivity index (χ1v) is 9.70. The van der Waals surface area contributed by atoms with E-state index in [1.165, 1.54) is 11.1 Å². The van der Waals surface area contributed by atoms with Gasteiger partial charge in [0, 0.05) is 10.5 Å². The quantitative estimate of drug-likeness (QED) is 0.779. The van der Waals surface area contributed by atoms with E-state index in [0.29, 0.717) is 0 Å². The predicted octanol–water partition coefficient (Wildman–Crippen LogP) is 3.79. The van der Waals surface area contributed by atoms with E-state index >= 15 is 0 Å². The van der Waals surface area contributed by atoms with Crippen molar-refractivity contribution in [2.24, 2.45) is 10.9 Å². The number of thioether (sulfide) groups is 1. The number of benzene rings is 2. The first-order chi connectivity index (χ1) is 12.7. The van der Waals surface area contributed by atoms with Crippen LogP contribution in [0.1, 0.15) is 16.4 Å². The van der Waals surface area contributed by atoms with Crippen LogP contribution >= 0.6 is 11.8 Å². The second-order valence-corrected chi connectivity index (χ2v) is 7.83. The average Bonchev–Trinajstić information content (AvgIpc) is 2.97. The fourth-order valence-electron chi connectivity index (χ4n) is 3.98. The Morgan fingerprint density at radius 1 is 1.00 bits per heavy atom. The number of hydrogen-bond donors (Lipinski definition) is 0. The fraction of sp³-hybridized carbons (Fsp3) is 0.130. The molecule has 3 aliphatic rings. The molecule has 2 unspecified atom stereocenters. The molecule has 26 heavy (non-hydrogen) atoms. The van der Waals surface area contributed by atoms with Crippen LogP contribution in [-0.2, 0) is 4.79 Å². The molecule has 5 rings (SSSR count). The molecule has 3 heteroatoms. The molecule has 0 radical (unpaired) electrons. The van der Waals surface area contributed by atoms with E-state index in [-0.39, 0.29) is 17.0 Å². The van der Waals surface area contributed by atoms with E-state index in [4.69, 9.17) is 0 Å². The standard InChI is InChI=1S/C23H17NOS/c1-14-6-2-3-7-16(14)23-20-15(12-13-26-23)10-11-19-21(22(20)25)17-8-4-5-9-18(17)24-19/h2-13,20,23H,1H3. The van der Waals surface area contributed by atoms with Crippen LogP contribution in [0.5, 0.6) is 0 Å². The van der Waals surface area contributed by atoms with Crippen LogP contribution in [0.4, 0.5) is 0 Å². The molecule has 0 saturated heterocycles. The molecule has 0 spiro atoms. The second-order valence-electron chi connectivity index (χ2n) is 6.78. The number of Topliss-reactive ketones (excluding diaryl/α,β-unsaturated/α-hetero) is 1. The maximum absolute atomic E-state index is 13.7. The minimum atomic E-state index is -0.184. The minimum Gasteiger partial charge on any atom is -0.293 e. The van der Waals surface area contributed by atoms with Crippen molar-refractivity contribution in [1.29, 1.82) is 0 Å². The summed E-state index contributed by atoms with van der Waals surface area (Å²) in [5.74, 6) is -0.00462. The molecule has 0 aromatic heterocycles. The summed E-state index contributed by atoms with van der Waals surface area (Å²) in [6.07, 6.45) is 6.14. The summed E-state index contributed by atoms with van der Waals surface area (Å²) in [6, 6.07) is 16.3. The Balaban J connectivity index is 1.72. The van der Waals surface area contributed by atoms with E-state index in [0.717, 1.165) is 27.4 Å². The fourth-order valence-corrected chi connectivity index (χ4v) is 5.24. The van der Waals surface area contributed by atoms with Crippen molar-refractivity contribution in [3.05, 3.63) is 105 Å². The van der Waals surface area contributed by atoms with Crippen LogP contribution in [0.25, 0.3) is 5.57 Å². The number of carbonyl (C=O) groups is 1. The van der Waals surface area contributed by atoms with Gasteiger partial charge in [0.1, 0.15) is 0 Å². The molecule has 2 atom stereocenters. The second kappa shape index (κ2) is 5.96. The Bertz CT molecular complexity index is 1150. The van der Waals surface area contributed by atoms with E-state index in [1.54, 1.807) is 11.8 Å². The van der Waals surface area contributed by atoms with Crippen molar-refractivity contribution in [2.45, 2.75) is 12.2 Å². The average molecular weight is 355 g/mol. The van der Waals surface area contributed by atoms with Gasteiger partial charge in [0.2, 0.25) is 0 Å². The number of para-hydroxylation sites is 1. The number of aryl methyl sites for hydroxylation is 1. The van der Waals surface area contributed by atoms with Crippen molar-refractivity contribution in [2.75, 3.05) is 0 Å². The maximum Gasteiger partial charge on any atom is 0.174 e. The van der Waals surface area contributed by atoms with Gasteiger partial charge in [0.25, 0.3) is 0 Å². The highest BCUT2D eigenvalue weighted by molar-refractivity contribution is 8.02. The monoisotopic (exact) mass is 355 g/mol. The largest absolute Gasteiger partial charge is 0.293 e. The zero-order chi connectivity index (χ0) is 17.7. The summed E-state index contributed by atoms with van der Waals surface area (Å²) in [4.78, 5) is 18.4. The molecule has 0 N–H and O–H groups in total. The van der Waals surface area contributed by atoms with Gasteiger partial charge in [-0.2, -0.15) is 0 Å². The molecule has 2 aromatic carbocycles. The molecule has 0 saturated carbocycles. The summed E-state index contributed by atoms with van der Waals surface area (Å²) in [5, 5.41) is 4.06. The smallest absolute Gasteiger partial charge is 0.174 e. The van der Waals surface area contributed by atoms with E-state index < -0.39 is 0 Å². The van der Waals surface area contributed by atoms with Gasteiger partial charge >= 0.3 is 0 Å². The number of carbonyl (C=O) groups excluding carboxylic acids is 1. The Hall–Kier alpha value is -2.65. The zero-order valence-corrected chi connectivity index (χ0v) is 15.2. The third kappa shape index (κ3) is 2.27. The topological polar surface area (TPSA) is 29.4 Å². The lowest BCUT2D eigenvalue weighted by molar-refractivity contribution is -0.116. The van der Waals surface area contributed by atoms with Crippen LogP contribution in [0.15, 0.2) is 88.4 Å². The summed E-state index contributed by atoms with van der Waals surface area (Å²) >= 11 is 1.74. The molecule has 1 aliphatic carbocycles. The van der Waals surface area contributed by atoms with Crippen molar-refractivity contribution >= 4 is 23.1 Å². The Morgan fingerprint density at radius 3 is 2.69 bits per heavy atom. The van der Waals surface area contributed by atoms with Crippen LogP contribution in [0.3, 0.4) is 0 Å². The van der Waals surface area contributed by atoms with Gasteiger partial charge < -0.3 is 0 Å². The highest BCUT2D eigenvalue weighted by Crippen LogP contribution is 2.48. The SMILES string of the molecule is Cc1ccccc1C1SC=CC2=CC=C3N=c4ccccc4=C3C(=O)C21. The predicted molar refractivity (Wildman–Crippen MR) is 106 cm³/mol. The van der Waals surface area contributed by atoms with Gasteiger partial charge in [-0.15, -0.1) is 11.8 Å². The highest BCUT2D eigenvalue weighted by atomic mass is 32.2.